The average Bonchev–Trinajstić information content (AvgIpc) is 3.21. The number of hydrogen-bond donors (Lipinski definition) is 3. The molecule has 0 saturated heterocycles. The third kappa shape index (κ3) is 6.06. The minimum atomic E-state index is -0.310. The first kappa shape index (κ1) is 20.9. The summed E-state index contributed by atoms with van der Waals surface area (Å²) in [7, 11) is 1.60. The summed E-state index contributed by atoms with van der Waals surface area (Å²) in [5, 5.41) is 12.7. The van der Waals surface area contributed by atoms with Crippen LogP contribution in [-0.4, -0.2) is 46.4 Å². The van der Waals surface area contributed by atoms with Crippen LogP contribution in [0, 0.1) is 0 Å². The molecule has 0 bridgehead atoms. The Balaban J connectivity index is 1.44. The Labute approximate surface area is 180 Å². The van der Waals surface area contributed by atoms with Crippen LogP contribution in [0.1, 0.15) is 0 Å². The van der Waals surface area contributed by atoms with Crippen molar-refractivity contribution in [2.75, 3.05) is 24.7 Å². The number of aromatic amines is 1. The standard InChI is InChI=1S/C19H18BrN5O3S/c1-28-13-8-6-12(7-9-13)18-23-19(25-24-18)29-11-17(27)21-10-16(26)22-15-5-3-2-4-14(15)20/h2-9H,10-11H2,1H3,(H,21,27)(H,22,26)(H,23,24,25). The van der Waals surface area contributed by atoms with Crippen LogP contribution >= 0.6 is 27.7 Å². The fourth-order valence-corrected chi connectivity index (χ4v) is 3.32. The summed E-state index contributed by atoms with van der Waals surface area (Å²) in [6, 6.07) is 14.6. The predicted octanol–water partition coefficient (Wildman–Crippen LogP) is 3.09. The molecule has 3 aromatic rings. The van der Waals surface area contributed by atoms with E-state index in [4.69, 9.17) is 4.74 Å². The number of para-hydroxylation sites is 1. The summed E-state index contributed by atoms with van der Waals surface area (Å²) in [5.74, 6) is 0.858. The number of benzene rings is 2. The highest BCUT2D eigenvalue weighted by molar-refractivity contribution is 9.10. The number of amides is 2. The summed E-state index contributed by atoms with van der Waals surface area (Å²) in [5.41, 5.74) is 1.51. The van der Waals surface area contributed by atoms with Crippen LogP contribution in [0.5, 0.6) is 5.75 Å². The topological polar surface area (TPSA) is 109 Å². The molecule has 29 heavy (non-hydrogen) atoms. The fraction of sp³-hybridized carbons (Fsp3) is 0.158. The molecule has 150 valence electrons. The number of H-pyrrole nitrogens is 1. The van der Waals surface area contributed by atoms with Gasteiger partial charge in [-0.15, -0.1) is 5.10 Å². The van der Waals surface area contributed by atoms with Crippen molar-refractivity contribution in [1.82, 2.24) is 20.5 Å². The van der Waals surface area contributed by atoms with Crippen molar-refractivity contribution < 1.29 is 14.3 Å². The highest BCUT2D eigenvalue weighted by Gasteiger charge is 2.11. The van der Waals surface area contributed by atoms with E-state index >= 15 is 0 Å². The number of carbonyl (C=O) groups excluding carboxylic acids is 2. The van der Waals surface area contributed by atoms with E-state index in [9.17, 15) is 9.59 Å². The largest absolute Gasteiger partial charge is 0.497 e. The van der Waals surface area contributed by atoms with Crippen LogP contribution in [0.3, 0.4) is 0 Å². The average molecular weight is 476 g/mol. The molecule has 3 N–H and O–H groups in total. The van der Waals surface area contributed by atoms with Gasteiger partial charge in [-0.1, -0.05) is 23.9 Å². The van der Waals surface area contributed by atoms with Gasteiger partial charge in [0.05, 0.1) is 25.1 Å². The Morgan fingerprint density at radius 1 is 1.14 bits per heavy atom. The highest BCUT2D eigenvalue weighted by Crippen LogP contribution is 2.22. The SMILES string of the molecule is COc1ccc(-c2nc(SCC(=O)NCC(=O)Nc3ccccc3Br)n[nH]2)cc1. The molecule has 0 spiro atoms. The number of thioether (sulfide) groups is 1. The van der Waals surface area contributed by atoms with E-state index in [0.717, 1.165) is 15.8 Å². The van der Waals surface area contributed by atoms with Crippen LogP contribution < -0.4 is 15.4 Å². The van der Waals surface area contributed by atoms with Crippen LogP contribution in [0.15, 0.2) is 58.2 Å². The number of aromatic nitrogens is 3. The van der Waals surface area contributed by atoms with Gasteiger partial charge in [0.15, 0.2) is 5.82 Å². The first-order valence-corrected chi connectivity index (χ1v) is 10.3. The summed E-state index contributed by atoms with van der Waals surface area (Å²) >= 11 is 4.53. The highest BCUT2D eigenvalue weighted by atomic mass is 79.9. The molecule has 1 heterocycles. The fourth-order valence-electron chi connectivity index (χ4n) is 2.31. The first-order valence-electron chi connectivity index (χ1n) is 8.56. The van der Waals surface area contributed by atoms with E-state index in [1.165, 1.54) is 11.8 Å². The van der Waals surface area contributed by atoms with E-state index < -0.39 is 0 Å². The number of hydrogen-bond acceptors (Lipinski definition) is 6. The molecule has 0 radical (unpaired) electrons. The maximum absolute atomic E-state index is 12.0. The van der Waals surface area contributed by atoms with E-state index in [0.29, 0.717) is 16.7 Å². The molecule has 2 amide bonds. The zero-order valence-electron chi connectivity index (χ0n) is 15.4. The lowest BCUT2D eigenvalue weighted by atomic mass is 10.2. The number of methoxy groups -OCH3 is 1. The van der Waals surface area contributed by atoms with Crippen LogP contribution in [0.25, 0.3) is 11.4 Å². The molecular weight excluding hydrogens is 458 g/mol. The third-order valence-corrected chi connectivity index (χ3v) is 5.29. The molecule has 0 atom stereocenters. The van der Waals surface area contributed by atoms with Gasteiger partial charge in [-0.2, -0.15) is 0 Å². The van der Waals surface area contributed by atoms with Gasteiger partial charge in [-0.05, 0) is 52.3 Å². The monoisotopic (exact) mass is 475 g/mol. The van der Waals surface area contributed by atoms with Gasteiger partial charge >= 0.3 is 0 Å². The second kappa shape index (κ2) is 10.1. The number of halogens is 1. The van der Waals surface area contributed by atoms with Crippen molar-refractivity contribution in [3.63, 3.8) is 0 Å². The van der Waals surface area contributed by atoms with Crippen molar-refractivity contribution in [2.45, 2.75) is 5.16 Å². The van der Waals surface area contributed by atoms with Crippen molar-refractivity contribution in [3.8, 4) is 17.1 Å². The molecule has 8 nitrogen and oxygen atoms in total. The van der Waals surface area contributed by atoms with Gasteiger partial charge in [0, 0.05) is 10.0 Å². The molecule has 0 aliphatic heterocycles. The van der Waals surface area contributed by atoms with Gasteiger partial charge in [0.25, 0.3) is 0 Å². The summed E-state index contributed by atoms with van der Waals surface area (Å²) in [6.07, 6.45) is 0. The van der Waals surface area contributed by atoms with Gasteiger partial charge in [-0.3, -0.25) is 14.7 Å². The van der Waals surface area contributed by atoms with Crippen LogP contribution in [-0.2, 0) is 9.59 Å². The number of rotatable bonds is 8. The van der Waals surface area contributed by atoms with Crippen molar-refractivity contribution >= 4 is 45.2 Å². The van der Waals surface area contributed by atoms with Crippen molar-refractivity contribution in [2.24, 2.45) is 0 Å². The Kier molecular flexibility index (Phi) is 7.25. The summed E-state index contributed by atoms with van der Waals surface area (Å²) < 4.78 is 5.90. The van der Waals surface area contributed by atoms with Gasteiger partial charge in [-0.25, -0.2) is 4.98 Å². The molecule has 2 aromatic carbocycles. The summed E-state index contributed by atoms with van der Waals surface area (Å²) in [4.78, 5) is 28.3. The predicted molar refractivity (Wildman–Crippen MR) is 115 cm³/mol. The van der Waals surface area contributed by atoms with Gasteiger partial charge in [0.2, 0.25) is 17.0 Å². The van der Waals surface area contributed by atoms with E-state index in [1.807, 2.05) is 42.5 Å². The molecule has 0 unspecified atom stereocenters. The molecule has 0 aliphatic rings. The molecule has 1 aromatic heterocycles. The number of nitrogens with one attached hydrogen (secondary N) is 3. The van der Waals surface area contributed by atoms with E-state index in [1.54, 1.807) is 13.2 Å². The Hall–Kier alpha value is -2.85. The zero-order valence-corrected chi connectivity index (χ0v) is 17.8. The van der Waals surface area contributed by atoms with Gasteiger partial charge in [0.1, 0.15) is 5.75 Å². The number of carbonyl (C=O) groups is 2. The van der Waals surface area contributed by atoms with Crippen LogP contribution in [0.4, 0.5) is 5.69 Å². The minimum absolute atomic E-state index is 0.0994. The minimum Gasteiger partial charge on any atom is -0.497 e. The second-order valence-electron chi connectivity index (χ2n) is 5.79. The van der Waals surface area contributed by atoms with Crippen molar-refractivity contribution in [3.05, 3.63) is 53.0 Å². The van der Waals surface area contributed by atoms with Gasteiger partial charge < -0.3 is 15.4 Å². The Morgan fingerprint density at radius 3 is 2.62 bits per heavy atom. The zero-order chi connectivity index (χ0) is 20.6. The second-order valence-corrected chi connectivity index (χ2v) is 7.59. The maximum Gasteiger partial charge on any atom is 0.243 e. The summed E-state index contributed by atoms with van der Waals surface area (Å²) in [6.45, 7) is -0.119. The third-order valence-electron chi connectivity index (χ3n) is 3.75. The lowest BCUT2D eigenvalue weighted by Crippen LogP contribution is -2.33. The first-order chi connectivity index (χ1) is 14.0. The molecule has 10 heteroatoms. The number of nitrogens with zero attached hydrogens (tertiary/aromatic N) is 2. The molecule has 3 rings (SSSR count). The molecular formula is C19H18BrN5O3S. The maximum atomic E-state index is 12.0. The molecule has 0 saturated carbocycles. The van der Waals surface area contributed by atoms with E-state index in [2.05, 4.69) is 41.7 Å². The lowest BCUT2D eigenvalue weighted by molar-refractivity contribution is -0.122. The smallest absolute Gasteiger partial charge is 0.243 e. The quantitative estimate of drug-likeness (QED) is 0.432. The number of ether oxygens (including phenoxy) is 1. The van der Waals surface area contributed by atoms with Crippen molar-refractivity contribution in [1.29, 1.82) is 0 Å². The Bertz CT molecular complexity index is 994. The normalized spacial score (nSPS) is 10.4. The Morgan fingerprint density at radius 2 is 1.90 bits per heavy atom. The lowest BCUT2D eigenvalue weighted by Gasteiger charge is -2.08. The van der Waals surface area contributed by atoms with E-state index in [-0.39, 0.29) is 24.1 Å². The molecule has 0 fully saturated rings. The molecule has 0 aliphatic carbocycles. The van der Waals surface area contributed by atoms with Crippen LogP contribution in [0.2, 0.25) is 0 Å². The number of anilines is 1.